The average Bonchev–Trinajstić information content (AvgIpc) is 2.36. The van der Waals surface area contributed by atoms with Crippen molar-refractivity contribution in [3.8, 4) is 0 Å². The first kappa shape index (κ1) is 15.2. The molecule has 0 heterocycles. The van der Waals surface area contributed by atoms with Gasteiger partial charge in [0.25, 0.3) is 0 Å². The van der Waals surface area contributed by atoms with Crippen LogP contribution in [-0.2, 0) is 0 Å². The number of aliphatic hydroxyl groups excluding tert-OH is 1. The van der Waals surface area contributed by atoms with Gasteiger partial charge < -0.3 is 5.11 Å². The Morgan fingerprint density at radius 2 is 1.78 bits per heavy atom. The fraction of sp³-hybridized carbons (Fsp3) is 0.625. The van der Waals surface area contributed by atoms with E-state index in [0.29, 0.717) is 11.1 Å². The lowest BCUT2D eigenvalue weighted by Gasteiger charge is -2.11. The minimum atomic E-state index is -0.522. The molecule has 1 N–H and O–H groups in total. The number of aliphatic hydroxyl groups is 1. The van der Waals surface area contributed by atoms with Crippen LogP contribution in [0.5, 0.6) is 0 Å². The van der Waals surface area contributed by atoms with Gasteiger partial charge >= 0.3 is 0 Å². The quantitative estimate of drug-likeness (QED) is 0.651. The molecule has 0 aliphatic rings. The smallest absolute Gasteiger partial charge is 0.126 e. The molecule has 0 bridgehead atoms. The zero-order chi connectivity index (χ0) is 13.4. The Kier molecular flexibility index (Phi) is 6.96. The predicted octanol–water partition coefficient (Wildman–Crippen LogP) is 4.92. The number of aryl methyl sites for hydroxylation is 1. The summed E-state index contributed by atoms with van der Waals surface area (Å²) >= 11 is 0. The number of hydrogen-bond donors (Lipinski definition) is 1. The van der Waals surface area contributed by atoms with Crippen molar-refractivity contribution in [3.05, 3.63) is 35.1 Å². The Labute approximate surface area is 110 Å². The van der Waals surface area contributed by atoms with Crippen LogP contribution in [0.3, 0.4) is 0 Å². The average molecular weight is 252 g/mol. The largest absolute Gasteiger partial charge is 0.388 e. The summed E-state index contributed by atoms with van der Waals surface area (Å²) in [5.41, 5.74) is 1.33. The van der Waals surface area contributed by atoms with Gasteiger partial charge in [-0.15, -0.1) is 0 Å². The lowest BCUT2D eigenvalue weighted by atomic mass is 10.0. The topological polar surface area (TPSA) is 20.2 Å². The lowest BCUT2D eigenvalue weighted by molar-refractivity contribution is 0.163. The Bertz CT molecular complexity index is 349. The molecule has 1 aromatic rings. The van der Waals surface area contributed by atoms with Crippen molar-refractivity contribution in [3.63, 3.8) is 0 Å². The van der Waals surface area contributed by atoms with Crippen LogP contribution >= 0.6 is 0 Å². The first-order valence-electron chi connectivity index (χ1n) is 7.09. The van der Waals surface area contributed by atoms with Gasteiger partial charge in [-0.25, -0.2) is 4.39 Å². The third kappa shape index (κ3) is 5.18. The van der Waals surface area contributed by atoms with E-state index in [1.54, 1.807) is 13.0 Å². The van der Waals surface area contributed by atoms with Gasteiger partial charge in [-0.2, -0.15) is 0 Å². The lowest BCUT2D eigenvalue weighted by Crippen LogP contribution is -1.99. The maximum Gasteiger partial charge on any atom is 0.126 e. The summed E-state index contributed by atoms with van der Waals surface area (Å²) in [6.45, 7) is 3.94. The van der Waals surface area contributed by atoms with E-state index < -0.39 is 6.10 Å². The Morgan fingerprint density at radius 3 is 2.44 bits per heavy atom. The van der Waals surface area contributed by atoms with E-state index in [1.165, 1.54) is 31.7 Å². The molecular formula is C16H25FO. The highest BCUT2D eigenvalue weighted by molar-refractivity contribution is 5.24. The summed E-state index contributed by atoms with van der Waals surface area (Å²) in [5.74, 6) is -0.227. The van der Waals surface area contributed by atoms with Crippen LogP contribution in [0.25, 0.3) is 0 Å². The van der Waals surface area contributed by atoms with Gasteiger partial charge in [0.1, 0.15) is 5.82 Å². The molecule has 0 saturated heterocycles. The fourth-order valence-electron chi connectivity index (χ4n) is 2.10. The van der Waals surface area contributed by atoms with Gasteiger partial charge in [0.15, 0.2) is 0 Å². The van der Waals surface area contributed by atoms with Crippen LogP contribution in [0.2, 0.25) is 0 Å². The molecule has 0 spiro atoms. The van der Waals surface area contributed by atoms with Gasteiger partial charge in [0, 0.05) is 0 Å². The molecule has 1 unspecified atom stereocenters. The van der Waals surface area contributed by atoms with Crippen molar-refractivity contribution < 1.29 is 9.50 Å². The molecule has 1 nitrogen and oxygen atoms in total. The minimum absolute atomic E-state index is 0.227. The fourth-order valence-corrected chi connectivity index (χ4v) is 2.10. The summed E-state index contributed by atoms with van der Waals surface area (Å²) in [7, 11) is 0. The van der Waals surface area contributed by atoms with Crippen LogP contribution in [0, 0.1) is 12.7 Å². The molecule has 1 rings (SSSR count). The number of hydrogen-bond acceptors (Lipinski definition) is 1. The molecule has 0 aliphatic heterocycles. The van der Waals surface area contributed by atoms with Crippen LogP contribution < -0.4 is 0 Å². The van der Waals surface area contributed by atoms with Crippen molar-refractivity contribution in [1.82, 2.24) is 0 Å². The van der Waals surface area contributed by atoms with E-state index in [2.05, 4.69) is 6.92 Å². The van der Waals surface area contributed by atoms with Gasteiger partial charge in [0.05, 0.1) is 6.10 Å². The summed E-state index contributed by atoms with van der Waals surface area (Å²) in [4.78, 5) is 0. The molecular weight excluding hydrogens is 227 g/mol. The number of unbranched alkanes of at least 4 members (excludes halogenated alkanes) is 5. The second-order valence-electron chi connectivity index (χ2n) is 5.08. The van der Waals surface area contributed by atoms with Crippen LogP contribution in [0.15, 0.2) is 18.2 Å². The normalized spacial score (nSPS) is 12.7. The summed E-state index contributed by atoms with van der Waals surface area (Å²) < 4.78 is 13.4. The molecule has 2 heteroatoms. The molecule has 1 aromatic carbocycles. The SMILES string of the molecule is CCCCCCCCC(O)c1ccc(C)c(F)c1. The number of halogens is 1. The van der Waals surface area contributed by atoms with Crippen molar-refractivity contribution in [2.75, 3.05) is 0 Å². The molecule has 0 amide bonds. The van der Waals surface area contributed by atoms with Crippen molar-refractivity contribution >= 4 is 0 Å². The van der Waals surface area contributed by atoms with E-state index in [1.807, 2.05) is 6.07 Å². The molecule has 0 radical (unpaired) electrons. The Hall–Kier alpha value is -0.890. The third-order valence-electron chi connectivity index (χ3n) is 3.41. The zero-order valence-electron chi connectivity index (χ0n) is 11.6. The highest BCUT2D eigenvalue weighted by Gasteiger charge is 2.09. The predicted molar refractivity (Wildman–Crippen MR) is 74.1 cm³/mol. The van der Waals surface area contributed by atoms with Crippen molar-refractivity contribution in [2.45, 2.75) is 64.9 Å². The third-order valence-corrected chi connectivity index (χ3v) is 3.41. The maximum atomic E-state index is 13.4. The molecule has 0 fully saturated rings. The van der Waals surface area contributed by atoms with Gasteiger partial charge in [0.2, 0.25) is 0 Å². The van der Waals surface area contributed by atoms with E-state index in [0.717, 1.165) is 19.3 Å². The number of rotatable bonds is 8. The summed E-state index contributed by atoms with van der Waals surface area (Å²) in [6, 6.07) is 5.01. The maximum absolute atomic E-state index is 13.4. The second kappa shape index (κ2) is 8.25. The highest BCUT2D eigenvalue weighted by atomic mass is 19.1. The monoisotopic (exact) mass is 252 g/mol. The van der Waals surface area contributed by atoms with Crippen molar-refractivity contribution in [1.29, 1.82) is 0 Å². The van der Waals surface area contributed by atoms with Gasteiger partial charge in [-0.1, -0.05) is 57.6 Å². The van der Waals surface area contributed by atoms with Crippen LogP contribution in [-0.4, -0.2) is 5.11 Å². The molecule has 18 heavy (non-hydrogen) atoms. The van der Waals surface area contributed by atoms with E-state index in [9.17, 15) is 9.50 Å². The molecule has 0 aliphatic carbocycles. The van der Waals surface area contributed by atoms with E-state index >= 15 is 0 Å². The molecule has 0 saturated carbocycles. The van der Waals surface area contributed by atoms with Gasteiger partial charge in [-0.3, -0.25) is 0 Å². The first-order valence-corrected chi connectivity index (χ1v) is 7.09. The summed E-state index contributed by atoms with van der Waals surface area (Å²) in [6.07, 6.45) is 7.46. The zero-order valence-corrected chi connectivity index (χ0v) is 11.6. The Morgan fingerprint density at radius 1 is 1.11 bits per heavy atom. The molecule has 1 atom stereocenters. The van der Waals surface area contributed by atoms with Crippen LogP contribution in [0.1, 0.15) is 69.1 Å². The standard InChI is InChI=1S/C16H25FO/c1-3-4-5-6-7-8-9-16(18)14-11-10-13(2)15(17)12-14/h10-12,16,18H,3-9H2,1-2H3. The molecule has 0 aromatic heterocycles. The Balaban J connectivity index is 2.27. The van der Waals surface area contributed by atoms with Crippen molar-refractivity contribution in [2.24, 2.45) is 0 Å². The second-order valence-corrected chi connectivity index (χ2v) is 5.08. The highest BCUT2D eigenvalue weighted by Crippen LogP contribution is 2.22. The van der Waals surface area contributed by atoms with E-state index in [4.69, 9.17) is 0 Å². The van der Waals surface area contributed by atoms with E-state index in [-0.39, 0.29) is 5.82 Å². The number of benzene rings is 1. The van der Waals surface area contributed by atoms with Crippen LogP contribution in [0.4, 0.5) is 4.39 Å². The molecule has 102 valence electrons. The minimum Gasteiger partial charge on any atom is -0.388 e. The first-order chi connectivity index (χ1) is 8.65. The summed E-state index contributed by atoms with van der Waals surface area (Å²) in [5, 5.41) is 9.97. The van der Waals surface area contributed by atoms with Gasteiger partial charge in [-0.05, 0) is 30.5 Å².